The van der Waals surface area contributed by atoms with Crippen LogP contribution >= 0.6 is 0 Å². The summed E-state index contributed by atoms with van der Waals surface area (Å²) in [6.07, 6.45) is 14.7. The summed E-state index contributed by atoms with van der Waals surface area (Å²) in [5, 5.41) is 3.63. The molecule has 1 heterocycles. The van der Waals surface area contributed by atoms with Crippen LogP contribution in [0.25, 0.3) is 0 Å². The second-order valence-corrected chi connectivity index (χ2v) is 7.99. The minimum atomic E-state index is 0.776. The van der Waals surface area contributed by atoms with Crippen LogP contribution < -0.4 is 5.32 Å². The fraction of sp³-hybridized carbons (Fsp3) is 1.00. The van der Waals surface area contributed by atoms with Crippen molar-refractivity contribution < 1.29 is 0 Å². The van der Waals surface area contributed by atoms with Gasteiger partial charge in [0.05, 0.1) is 0 Å². The molecule has 21 heavy (non-hydrogen) atoms. The van der Waals surface area contributed by atoms with Gasteiger partial charge in [-0.05, 0) is 76.3 Å². The first kappa shape index (κ1) is 15.8. The molecule has 0 aromatic carbocycles. The number of hydrogen-bond donors (Lipinski definition) is 1. The highest BCUT2D eigenvalue weighted by Gasteiger charge is 2.37. The molecule has 3 rings (SSSR count). The molecule has 122 valence electrons. The van der Waals surface area contributed by atoms with Gasteiger partial charge >= 0.3 is 0 Å². The van der Waals surface area contributed by atoms with Gasteiger partial charge in [-0.3, -0.25) is 4.90 Å². The molecular weight excluding hydrogens is 256 g/mol. The molecule has 2 aliphatic carbocycles. The summed E-state index contributed by atoms with van der Waals surface area (Å²) in [5.74, 6) is 2.92. The standard InChI is InChI=1S/C19H36N2/c1-3-15-10-11-18(20-2)17(13-15)14-21-12-6-9-19(21)16-7-4-5-8-16/h15-20H,3-14H2,1-2H3. The summed E-state index contributed by atoms with van der Waals surface area (Å²) in [4.78, 5) is 2.91. The molecule has 0 aromatic heterocycles. The summed E-state index contributed by atoms with van der Waals surface area (Å²) in [7, 11) is 2.18. The van der Waals surface area contributed by atoms with E-state index in [9.17, 15) is 0 Å². The van der Waals surface area contributed by atoms with Gasteiger partial charge in [0, 0.05) is 18.6 Å². The van der Waals surface area contributed by atoms with Crippen LogP contribution in [0.5, 0.6) is 0 Å². The maximum atomic E-state index is 3.63. The molecule has 2 nitrogen and oxygen atoms in total. The van der Waals surface area contributed by atoms with E-state index in [1.54, 1.807) is 0 Å². The third-order valence-corrected chi connectivity index (χ3v) is 6.87. The highest BCUT2D eigenvalue weighted by molar-refractivity contribution is 4.92. The van der Waals surface area contributed by atoms with Crippen LogP contribution in [0.3, 0.4) is 0 Å². The lowest BCUT2D eigenvalue weighted by atomic mass is 9.76. The smallest absolute Gasteiger partial charge is 0.0124 e. The number of likely N-dealkylation sites (tertiary alicyclic amines) is 1. The fourth-order valence-electron chi connectivity index (χ4n) is 5.57. The Kier molecular flexibility index (Phi) is 5.61. The predicted octanol–water partition coefficient (Wildman–Crippen LogP) is 4.06. The fourth-order valence-corrected chi connectivity index (χ4v) is 5.57. The van der Waals surface area contributed by atoms with E-state index in [1.807, 2.05) is 0 Å². The average molecular weight is 293 g/mol. The van der Waals surface area contributed by atoms with Crippen molar-refractivity contribution in [2.75, 3.05) is 20.1 Å². The summed E-state index contributed by atoms with van der Waals surface area (Å²) >= 11 is 0. The Morgan fingerprint density at radius 1 is 1.00 bits per heavy atom. The summed E-state index contributed by atoms with van der Waals surface area (Å²) < 4.78 is 0. The highest BCUT2D eigenvalue weighted by Crippen LogP contribution is 2.38. The zero-order valence-corrected chi connectivity index (χ0v) is 14.3. The van der Waals surface area contributed by atoms with Crippen molar-refractivity contribution in [2.45, 2.75) is 83.2 Å². The van der Waals surface area contributed by atoms with Gasteiger partial charge in [-0.1, -0.05) is 26.2 Å². The highest BCUT2D eigenvalue weighted by atomic mass is 15.2. The predicted molar refractivity (Wildman–Crippen MR) is 90.5 cm³/mol. The Hall–Kier alpha value is -0.0800. The monoisotopic (exact) mass is 292 g/mol. The van der Waals surface area contributed by atoms with Crippen molar-refractivity contribution in [3.05, 3.63) is 0 Å². The second kappa shape index (κ2) is 7.46. The first-order valence-electron chi connectivity index (χ1n) is 9.73. The van der Waals surface area contributed by atoms with Crippen molar-refractivity contribution in [3.8, 4) is 0 Å². The second-order valence-electron chi connectivity index (χ2n) is 7.99. The van der Waals surface area contributed by atoms with Gasteiger partial charge in [-0.15, -0.1) is 0 Å². The SMILES string of the molecule is CCC1CCC(NC)C(CN2CCCC2C2CCCC2)C1. The van der Waals surface area contributed by atoms with Crippen LogP contribution in [0.15, 0.2) is 0 Å². The number of nitrogens with zero attached hydrogens (tertiary/aromatic N) is 1. The van der Waals surface area contributed by atoms with Crippen molar-refractivity contribution >= 4 is 0 Å². The molecule has 0 radical (unpaired) electrons. The largest absolute Gasteiger partial charge is 0.317 e. The average Bonchev–Trinajstić information content (AvgIpc) is 3.17. The van der Waals surface area contributed by atoms with E-state index in [4.69, 9.17) is 0 Å². The van der Waals surface area contributed by atoms with E-state index in [0.29, 0.717) is 0 Å². The van der Waals surface area contributed by atoms with Crippen LogP contribution in [0.2, 0.25) is 0 Å². The lowest BCUT2D eigenvalue weighted by Crippen LogP contribution is -2.46. The third-order valence-electron chi connectivity index (χ3n) is 6.87. The van der Waals surface area contributed by atoms with Crippen LogP contribution in [-0.2, 0) is 0 Å². The molecule has 2 heteroatoms. The van der Waals surface area contributed by atoms with Crippen molar-refractivity contribution in [1.82, 2.24) is 10.2 Å². The molecule has 3 fully saturated rings. The molecule has 2 saturated carbocycles. The molecule has 0 bridgehead atoms. The van der Waals surface area contributed by atoms with Gasteiger partial charge in [-0.2, -0.15) is 0 Å². The molecule has 1 aliphatic heterocycles. The van der Waals surface area contributed by atoms with E-state index in [1.165, 1.54) is 77.3 Å². The van der Waals surface area contributed by atoms with Crippen LogP contribution in [0.4, 0.5) is 0 Å². The molecule has 0 aromatic rings. The minimum Gasteiger partial charge on any atom is -0.317 e. The molecule has 0 spiro atoms. The lowest BCUT2D eigenvalue weighted by Gasteiger charge is -2.40. The molecule has 1 N–H and O–H groups in total. The minimum absolute atomic E-state index is 0.776. The molecule has 1 saturated heterocycles. The van der Waals surface area contributed by atoms with Crippen molar-refractivity contribution in [2.24, 2.45) is 17.8 Å². The third kappa shape index (κ3) is 3.64. The van der Waals surface area contributed by atoms with Gasteiger partial charge in [0.15, 0.2) is 0 Å². The van der Waals surface area contributed by atoms with E-state index in [0.717, 1.165) is 29.8 Å². The lowest BCUT2D eigenvalue weighted by molar-refractivity contribution is 0.113. The summed E-state index contributed by atoms with van der Waals surface area (Å²) in [6, 6.07) is 1.71. The first-order valence-corrected chi connectivity index (χ1v) is 9.73. The van der Waals surface area contributed by atoms with Gasteiger partial charge in [0.25, 0.3) is 0 Å². The van der Waals surface area contributed by atoms with Crippen molar-refractivity contribution in [3.63, 3.8) is 0 Å². The quantitative estimate of drug-likeness (QED) is 0.822. The molecule has 4 unspecified atom stereocenters. The summed E-state index contributed by atoms with van der Waals surface area (Å²) in [6.45, 7) is 5.15. The maximum absolute atomic E-state index is 3.63. The Balaban J connectivity index is 1.59. The van der Waals surface area contributed by atoms with Crippen LogP contribution in [-0.4, -0.2) is 37.1 Å². The number of nitrogens with one attached hydrogen (secondary N) is 1. The van der Waals surface area contributed by atoms with E-state index in [2.05, 4.69) is 24.2 Å². The molecule has 0 amide bonds. The van der Waals surface area contributed by atoms with Gasteiger partial charge in [0.2, 0.25) is 0 Å². The Bertz CT molecular complexity index is 311. The summed E-state index contributed by atoms with van der Waals surface area (Å²) in [5.41, 5.74) is 0. The topological polar surface area (TPSA) is 15.3 Å². The Morgan fingerprint density at radius 2 is 1.81 bits per heavy atom. The van der Waals surface area contributed by atoms with Crippen molar-refractivity contribution in [1.29, 1.82) is 0 Å². The first-order chi connectivity index (χ1) is 10.3. The van der Waals surface area contributed by atoms with Crippen LogP contribution in [0.1, 0.15) is 71.1 Å². The molecule has 3 aliphatic rings. The van der Waals surface area contributed by atoms with Gasteiger partial charge in [0.1, 0.15) is 0 Å². The normalized spacial score (nSPS) is 39.1. The zero-order valence-electron chi connectivity index (χ0n) is 14.3. The van der Waals surface area contributed by atoms with Gasteiger partial charge in [-0.25, -0.2) is 0 Å². The number of rotatable bonds is 5. The van der Waals surface area contributed by atoms with Crippen LogP contribution in [0, 0.1) is 17.8 Å². The maximum Gasteiger partial charge on any atom is 0.0124 e. The van der Waals surface area contributed by atoms with E-state index < -0.39 is 0 Å². The number of hydrogen-bond acceptors (Lipinski definition) is 2. The molecule has 4 atom stereocenters. The van der Waals surface area contributed by atoms with E-state index >= 15 is 0 Å². The Morgan fingerprint density at radius 3 is 2.52 bits per heavy atom. The molecular formula is C19H36N2. The zero-order chi connectivity index (χ0) is 14.7. The van der Waals surface area contributed by atoms with E-state index in [-0.39, 0.29) is 0 Å². The Labute approximate surface area is 132 Å². The van der Waals surface area contributed by atoms with Gasteiger partial charge < -0.3 is 5.32 Å².